The normalized spacial score (nSPS) is 15.1. The van der Waals surface area contributed by atoms with E-state index in [0.29, 0.717) is 5.88 Å². The lowest BCUT2D eigenvalue weighted by Crippen LogP contribution is -2.46. The molecule has 0 bridgehead atoms. The first-order valence-corrected chi connectivity index (χ1v) is 11.6. The summed E-state index contributed by atoms with van der Waals surface area (Å²) in [5.74, 6) is 1.62. The first-order valence-electron chi connectivity index (χ1n) is 10.9. The van der Waals surface area contributed by atoms with E-state index in [1.165, 1.54) is 27.4 Å². The number of aryl methyl sites for hydroxylation is 1. The fraction of sp³-hybridized carbons (Fsp3) is 0.320. The maximum Gasteiger partial charge on any atom is 0.229 e. The lowest BCUT2D eigenvalue weighted by molar-refractivity contribution is 0.249. The zero-order valence-electron chi connectivity index (χ0n) is 18.0. The van der Waals surface area contributed by atoms with Crippen molar-refractivity contribution in [1.29, 1.82) is 0 Å². The van der Waals surface area contributed by atoms with Crippen LogP contribution >= 0.6 is 15.9 Å². The van der Waals surface area contributed by atoms with Gasteiger partial charge in [-0.15, -0.1) is 0 Å². The summed E-state index contributed by atoms with van der Waals surface area (Å²) in [4.78, 5) is 9.50. The van der Waals surface area contributed by atoms with Gasteiger partial charge in [-0.3, -0.25) is 4.90 Å². The van der Waals surface area contributed by atoms with Crippen LogP contribution in [0.1, 0.15) is 12.5 Å². The standard InChI is InChI=1S/C25H27BrN4O/c1-3-30-22-7-5-4-6-19(22)20-16-18(8-10-23(20)30)17-28-12-14-29(15-13-28)24-11-9-21(26)25(27-24)31-2/h4-11,16H,3,12-15,17H2,1-2H3. The Morgan fingerprint density at radius 2 is 1.71 bits per heavy atom. The summed E-state index contributed by atoms with van der Waals surface area (Å²) >= 11 is 3.48. The molecule has 4 aromatic rings. The molecule has 0 unspecified atom stereocenters. The van der Waals surface area contributed by atoms with Gasteiger partial charge in [0.2, 0.25) is 5.88 Å². The van der Waals surface area contributed by atoms with Gasteiger partial charge < -0.3 is 14.2 Å². The number of hydrogen-bond acceptors (Lipinski definition) is 4. The monoisotopic (exact) mass is 478 g/mol. The second-order valence-electron chi connectivity index (χ2n) is 8.04. The zero-order valence-corrected chi connectivity index (χ0v) is 19.6. The SMILES string of the molecule is CCn1c2ccccc2c2cc(CN3CCN(c4ccc(Br)c(OC)n4)CC3)ccc21. The molecule has 5 rings (SSSR count). The number of halogens is 1. The maximum absolute atomic E-state index is 5.36. The summed E-state index contributed by atoms with van der Waals surface area (Å²) in [5, 5.41) is 2.71. The largest absolute Gasteiger partial charge is 0.480 e. The third kappa shape index (κ3) is 3.79. The van der Waals surface area contributed by atoms with Crippen molar-refractivity contribution in [3.05, 3.63) is 64.6 Å². The van der Waals surface area contributed by atoms with Gasteiger partial charge in [0.15, 0.2) is 0 Å². The fourth-order valence-corrected chi connectivity index (χ4v) is 5.05. The molecule has 1 aliphatic heterocycles. The maximum atomic E-state index is 5.36. The van der Waals surface area contributed by atoms with E-state index >= 15 is 0 Å². The van der Waals surface area contributed by atoms with E-state index < -0.39 is 0 Å². The van der Waals surface area contributed by atoms with Crippen molar-refractivity contribution >= 4 is 43.6 Å². The Balaban J connectivity index is 1.32. The van der Waals surface area contributed by atoms with E-state index in [1.54, 1.807) is 7.11 Å². The summed E-state index contributed by atoms with van der Waals surface area (Å²) in [6.07, 6.45) is 0. The van der Waals surface area contributed by atoms with Crippen LogP contribution in [0.15, 0.2) is 59.1 Å². The molecule has 0 aliphatic carbocycles. The number of benzene rings is 2. The predicted molar refractivity (Wildman–Crippen MR) is 131 cm³/mol. The molecule has 1 fully saturated rings. The minimum absolute atomic E-state index is 0.638. The Morgan fingerprint density at radius 1 is 0.935 bits per heavy atom. The van der Waals surface area contributed by atoms with Crippen LogP contribution in [0, 0.1) is 0 Å². The van der Waals surface area contributed by atoms with Crippen molar-refractivity contribution in [2.45, 2.75) is 20.0 Å². The van der Waals surface area contributed by atoms with Crippen LogP contribution in [0.5, 0.6) is 5.88 Å². The van der Waals surface area contributed by atoms with E-state index in [2.05, 4.69) is 90.7 Å². The van der Waals surface area contributed by atoms with Crippen LogP contribution < -0.4 is 9.64 Å². The van der Waals surface area contributed by atoms with E-state index in [9.17, 15) is 0 Å². The number of aromatic nitrogens is 2. The van der Waals surface area contributed by atoms with Gasteiger partial charge in [0.1, 0.15) is 5.82 Å². The Kier molecular flexibility index (Phi) is 5.59. The van der Waals surface area contributed by atoms with Crippen molar-refractivity contribution in [3.8, 4) is 5.88 Å². The third-order valence-electron chi connectivity index (χ3n) is 6.25. The van der Waals surface area contributed by atoms with Gasteiger partial charge in [0.25, 0.3) is 0 Å². The summed E-state index contributed by atoms with van der Waals surface area (Å²) in [7, 11) is 1.66. The van der Waals surface area contributed by atoms with Crippen LogP contribution in [0.3, 0.4) is 0 Å². The summed E-state index contributed by atoms with van der Waals surface area (Å²) in [6, 6.07) is 19.8. The quantitative estimate of drug-likeness (QED) is 0.389. The molecule has 160 valence electrons. The lowest BCUT2D eigenvalue weighted by atomic mass is 10.1. The molecule has 6 heteroatoms. The highest BCUT2D eigenvalue weighted by Crippen LogP contribution is 2.30. The average molecular weight is 479 g/mol. The highest BCUT2D eigenvalue weighted by Gasteiger charge is 2.19. The number of pyridine rings is 1. The molecule has 2 aromatic carbocycles. The molecule has 1 saturated heterocycles. The van der Waals surface area contributed by atoms with Crippen molar-refractivity contribution < 1.29 is 4.74 Å². The van der Waals surface area contributed by atoms with E-state index in [1.807, 2.05) is 6.07 Å². The van der Waals surface area contributed by atoms with Crippen molar-refractivity contribution in [1.82, 2.24) is 14.5 Å². The van der Waals surface area contributed by atoms with Crippen molar-refractivity contribution in [2.75, 3.05) is 38.2 Å². The zero-order chi connectivity index (χ0) is 21.4. The van der Waals surface area contributed by atoms with Crippen molar-refractivity contribution in [2.24, 2.45) is 0 Å². The van der Waals surface area contributed by atoms with E-state index in [-0.39, 0.29) is 0 Å². The molecule has 5 nitrogen and oxygen atoms in total. The lowest BCUT2D eigenvalue weighted by Gasteiger charge is -2.35. The first-order chi connectivity index (χ1) is 15.2. The van der Waals surface area contributed by atoms with Gasteiger partial charge in [-0.25, -0.2) is 0 Å². The molecule has 0 amide bonds. The average Bonchev–Trinajstić information content (AvgIpc) is 3.13. The smallest absolute Gasteiger partial charge is 0.229 e. The Bertz CT molecular complexity index is 1230. The number of para-hydroxylation sites is 1. The number of methoxy groups -OCH3 is 1. The first kappa shape index (κ1) is 20.3. The minimum Gasteiger partial charge on any atom is -0.480 e. The third-order valence-corrected chi connectivity index (χ3v) is 6.85. The number of anilines is 1. The molecule has 3 heterocycles. The van der Waals surface area contributed by atoms with Gasteiger partial charge in [-0.1, -0.05) is 24.3 Å². The number of piperazine rings is 1. The number of rotatable bonds is 5. The second-order valence-corrected chi connectivity index (χ2v) is 8.89. The molecular formula is C25H27BrN4O. The molecule has 2 aromatic heterocycles. The van der Waals surface area contributed by atoms with E-state index in [4.69, 9.17) is 4.74 Å². The molecule has 0 atom stereocenters. The highest BCUT2D eigenvalue weighted by atomic mass is 79.9. The minimum atomic E-state index is 0.638. The van der Waals surface area contributed by atoms with Gasteiger partial charge >= 0.3 is 0 Å². The molecule has 1 aliphatic rings. The number of fused-ring (bicyclic) bond motifs is 3. The van der Waals surface area contributed by atoms with Crippen LogP contribution in [-0.2, 0) is 13.1 Å². The van der Waals surface area contributed by atoms with Crippen LogP contribution in [0.25, 0.3) is 21.8 Å². The van der Waals surface area contributed by atoms with Gasteiger partial charge in [-0.05, 0) is 58.7 Å². The van der Waals surface area contributed by atoms with Gasteiger partial charge in [-0.2, -0.15) is 4.98 Å². The van der Waals surface area contributed by atoms with Crippen LogP contribution in [-0.4, -0.2) is 47.7 Å². The van der Waals surface area contributed by atoms with Crippen LogP contribution in [0.2, 0.25) is 0 Å². The molecule has 31 heavy (non-hydrogen) atoms. The van der Waals surface area contributed by atoms with Gasteiger partial charge in [0.05, 0.1) is 11.6 Å². The van der Waals surface area contributed by atoms with Crippen LogP contribution in [0.4, 0.5) is 5.82 Å². The summed E-state index contributed by atoms with van der Waals surface area (Å²) in [6.45, 7) is 8.16. The van der Waals surface area contributed by atoms with Gasteiger partial charge in [0, 0.05) is 61.1 Å². The van der Waals surface area contributed by atoms with Crippen molar-refractivity contribution in [3.63, 3.8) is 0 Å². The molecule has 0 spiro atoms. The Morgan fingerprint density at radius 3 is 2.48 bits per heavy atom. The summed E-state index contributed by atoms with van der Waals surface area (Å²) in [5.41, 5.74) is 4.03. The molecule has 0 radical (unpaired) electrons. The summed E-state index contributed by atoms with van der Waals surface area (Å²) < 4.78 is 8.65. The molecule has 0 N–H and O–H groups in total. The fourth-order valence-electron chi connectivity index (χ4n) is 4.67. The van der Waals surface area contributed by atoms with E-state index in [0.717, 1.165) is 49.6 Å². The topological polar surface area (TPSA) is 33.5 Å². The molecule has 0 saturated carbocycles. The second kappa shape index (κ2) is 8.52. The number of hydrogen-bond donors (Lipinski definition) is 0. The number of ether oxygens (including phenoxy) is 1. The predicted octanol–water partition coefficient (Wildman–Crippen LogP) is 5.30. The number of nitrogens with zero attached hydrogens (tertiary/aromatic N) is 4. The highest BCUT2D eigenvalue weighted by molar-refractivity contribution is 9.10. The molecular weight excluding hydrogens is 452 g/mol. The Labute approximate surface area is 191 Å². The Hall–Kier alpha value is -2.57.